The first-order valence-corrected chi connectivity index (χ1v) is 10.7. The number of anilines is 1. The molecule has 2 amide bonds. The van der Waals surface area contributed by atoms with Crippen molar-refractivity contribution in [2.24, 2.45) is 0 Å². The lowest BCUT2D eigenvalue weighted by Gasteiger charge is -2.16. The van der Waals surface area contributed by atoms with Gasteiger partial charge in [0.2, 0.25) is 0 Å². The number of halogens is 1. The molecule has 0 radical (unpaired) electrons. The molecule has 1 aliphatic rings. The van der Waals surface area contributed by atoms with Gasteiger partial charge in [-0.1, -0.05) is 60.1 Å². The Hall–Kier alpha value is -3.57. The molecule has 32 heavy (non-hydrogen) atoms. The second kappa shape index (κ2) is 9.28. The summed E-state index contributed by atoms with van der Waals surface area (Å²) in [6, 6.07) is 22.3. The van der Waals surface area contributed by atoms with Gasteiger partial charge in [0.25, 0.3) is 11.8 Å². The third kappa shape index (κ3) is 4.25. The summed E-state index contributed by atoms with van der Waals surface area (Å²) < 4.78 is 5.23. The molecule has 1 aliphatic heterocycles. The molecule has 3 aromatic rings. The molecule has 0 saturated carbocycles. The summed E-state index contributed by atoms with van der Waals surface area (Å²) in [6.07, 6.45) is 0.581. The number of nitrogens with one attached hydrogen (secondary N) is 1. The molecule has 0 saturated heterocycles. The lowest BCUT2D eigenvalue weighted by Crippen LogP contribution is -2.34. The summed E-state index contributed by atoms with van der Waals surface area (Å²) in [4.78, 5) is 28.1. The van der Waals surface area contributed by atoms with Crippen LogP contribution in [0.4, 0.5) is 5.69 Å². The number of hydrogen-bond acceptors (Lipinski definition) is 4. The summed E-state index contributed by atoms with van der Waals surface area (Å²) in [6.45, 7) is 2.16. The van der Waals surface area contributed by atoms with E-state index in [9.17, 15) is 9.59 Å². The number of imide groups is 1. The van der Waals surface area contributed by atoms with Gasteiger partial charge < -0.3 is 10.1 Å². The van der Waals surface area contributed by atoms with Crippen molar-refractivity contribution in [3.05, 3.63) is 100 Å². The second-order valence-corrected chi connectivity index (χ2v) is 7.92. The predicted molar refractivity (Wildman–Crippen MR) is 127 cm³/mol. The number of rotatable bonds is 7. The summed E-state index contributed by atoms with van der Waals surface area (Å²) >= 11 is 6.27. The average Bonchev–Trinajstić information content (AvgIpc) is 3.05. The monoisotopic (exact) mass is 446 g/mol. The molecular formula is C26H23ClN2O3. The zero-order valence-corrected chi connectivity index (χ0v) is 18.6. The molecule has 0 fully saturated rings. The average molecular weight is 447 g/mol. The first kappa shape index (κ1) is 21.7. The lowest BCUT2D eigenvalue weighted by atomic mass is 10.0. The van der Waals surface area contributed by atoms with Crippen LogP contribution in [0.1, 0.15) is 16.7 Å². The van der Waals surface area contributed by atoms with Gasteiger partial charge in [0.1, 0.15) is 11.4 Å². The van der Waals surface area contributed by atoms with Gasteiger partial charge in [-0.15, -0.1) is 0 Å². The maximum Gasteiger partial charge on any atom is 0.278 e. The number of ether oxygens (including phenoxy) is 1. The number of methoxy groups -OCH3 is 1. The Kier molecular flexibility index (Phi) is 6.28. The SMILES string of the molecule is COc1ccc(C2=C(Nc3cccc(Cl)c3C)C(=O)N(CCc3ccccc3)C2=O)cc1. The van der Waals surface area contributed by atoms with Crippen LogP contribution in [0.3, 0.4) is 0 Å². The number of amides is 2. The van der Waals surface area contributed by atoms with Crippen molar-refractivity contribution < 1.29 is 14.3 Å². The number of hydrogen-bond donors (Lipinski definition) is 1. The molecule has 5 nitrogen and oxygen atoms in total. The van der Waals surface area contributed by atoms with E-state index >= 15 is 0 Å². The highest BCUT2D eigenvalue weighted by molar-refractivity contribution is 6.36. The smallest absolute Gasteiger partial charge is 0.278 e. The van der Waals surface area contributed by atoms with Gasteiger partial charge in [0.05, 0.1) is 12.7 Å². The van der Waals surface area contributed by atoms with Gasteiger partial charge in [0.15, 0.2) is 0 Å². The van der Waals surface area contributed by atoms with Gasteiger partial charge in [-0.2, -0.15) is 0 Å². The van der Waals surface area contributed by atoms with Crippen molar-refractivity contribution in [1.82, 2.24) is 4.90 Å². The fraction of sp³-hybridized carbons (Fsp3) is 0.154. The largest absolute Gasteiger partial charge is 0.497 e. The summed E-state index contributed by atoms with van der Waals surface area (Å²) in [5.41, 5.74) is 3.78. The molecule has 0 atom stereocenters. The van der Waals surface area contributed by atoms with E-state index < -0.39 is 0 Å². The molecule has 4 rings (SSSR count). The van der Waals surface area contributed by atoms with E-state index in [1.807, 2.05) is 43.3 Å². The molecule has 1 heterocycles. The molecule has 6 heteroatoms. The van der Waals surface area contributed by atoms with Crippen molar-refractivity contribution in [2.75, 3.05) is 19.0 Å². The maximum atomic E-state index is 13.4. The first-order valence-electron chi connectivity index (χ1n) is 10.3. The second-order valence-electron chi connectivity index (χ2n) is 7.51. The normalized spacial score (nSPS) is 13.7. The first-order chi connectivity index (χ1) is 15.5. The van der Waals surface area contributed by atoms with E-state index in [1.165, 1.54) is 4.90 Å². The topological polar surface area (TPSA) is 58.6 Å². The van der Waals surface area contributed by atoms with Crippen molar-refractivity contribution in [3.8, 4) is 5.75 Å². The third-order valence-electron chi connectivity index (χ3n) is 5.54. The summed E-state index contributed by atoms with van der Waals surface area (Å²) in [5, 5.41) is 3.77. The standard InChI is InChI=1S/C26H23ClN2O3/c1-17-21(27)9-6-10-22(17)28-24-23(19-11-13-20(32-2)14-12-19)25(30)29(26(24)31)16-15-18-7-4-3-5-8-18/h3-14,28H,15-16H2,1-2H3. The minimum Gasteiger partial charge on any atom is -0.497 e. The molecule has 162 valence electrons. The Labute approximate surface area is 192 Å². The molecule has 0 bridgehead atoms. The predicted octanol–water partition coefficient (Wildman–Crippen LogP) is 5.09. The van der Waals surface area contributed by atoms with Crippen LogP contribution in [0.15, 0.2) is 78.5 Å². The Balaban J connectivity index is 1.70. The quantitative estimate of drug-likeness (QED) is 0.513. The van der Waals surface area contributed by atoms with Crippen LogP contribution >= 0.6 is 11.6 Å². The zero-order chi connectivity index (χ0) is 22.7. The zero-order valence-electron chi connectivity index (χ0n) is 17.9. The van der Waals surface area contributed by atoms with Crippen molar-refractivity contribution >= 4 is 34.7 Å². The van der Waals surface area contributed by atoms with Crippen LogP contribution in [0.25, 0.3) is 5.57 Å². The lowest BCUT2D eigenvalue weighted by molar-refractivity contribution is -0.136. The number of carbonyl (C=O) groups is 2. The van der Waals surface area contributed by atoms with E-state index in [-0.39, 0.29) is 17.5 Å². The fourth-order valence-corrected chi connectivity index (χ4v) is 3.86. The minimum atomic E-state index is -0.351. The van der Waals surface area contributed by atoms with E-state index in [0.717, 1.165) is 11.1 Å². The third-order valence-corrected chi connectivity index (χ3v) is 5.95. The molecule has 3 aromatic carbocycles. The summed E-state index contributed by atoms with van der Waals surface area (Å²) in [5.74, 6) is 0.00153. The number of carbonyl (C=O) groups excluding carboxylic acids is 2. The Morgan fingerprint density at radius 1 is 0.906 bits per heavy atom. The minimum absolute atomic E-state index is 0.249. The molecule has 0 spiro atoms. The molecular weight excluding hydrogens is 424 g/mol. The Morgan fingerprint density at radius 3 is 2.31 bits per heavy atom. The molecule has 0 unspecified atom stereocenters. The van der Waals surface area contributed by atoms with Crippen LogP contribution in [-0.4, -0.2) is 30.4 Å². The van der Waals surface area contributed by atoms with Crippen LogP contribution in [0.5, 0.6) is 5.75 Å². The van der Waals surface area contributed by atoms with Crippen molar-refractivity contribution in [1.29, 1.82) is 0 Å². The van der Waals surface area contributed by atoms with Gasteiger partial charge in [0, 0.05) is 17.3 Å². The van der Waals surface area contributed by atoms with E-state index in [2.05, 4.69) is 5.32 Å². The van der Waals surface area contributed by atoms with Gasteiger partial charge in [-0.3, -0.25) is 14.5 Å². The van der Waals surface area contributed by atoms with E-state index in [1.54, 1.807) is 43.5 Å². The Bertz CT molecular complexity index is 1190. The van der Waals surface area contributed by atoms with Crippen molar-refractivity contribution in [2.45, 2.75) is 13.3 Å². The van der Waals surface area contributed by atoms with Crippen LogP contribution in [0, 0.1) is 6.92 Å². The Morgan fingerprint density at radius 2 is 1.62 bits per heavy atom. The van der Waals surface area contributed by atoms with Gasteiger partial charge >= 0.3 is 0 Å². The number of nitrogens with zero attached hydrogens (tertiary/aromatic N) is 1. The van der Waals surface area contributed by atoms with Crippen LogP contribution in [0.2, 0.25) is 5.02 Å². The van der Waals surface area contributed by atoms with E-state index in [4.69, 9.17) is 16.3 Å². The van der Waals surface area contributed by atoms with Crippen LogP contribution in [-0.2, 0) is 16.0 Å². The fourth-order valence-electron chi connectivity index (χ4n) is 3.68. The highest BCUT2D eigenvalue weighted by atomic mass is 35.5. The number of benzene rings is 3. The van der Waals surface area contributed by atoms with E-state index in [0.29, 0.717) is 40.6 Å². The van der Waals surface area contributed by atoms with Gasteiger partial charge in [-0.25, -0.2) is 0 Å². The molecule has 1 N–H and O–H groups in total. The molecule has 0 aromatic heterocycles. The highest BCUT2D eigenvalue weighted by Gasteiger charge is 2.39. The maximum absolute atomic E-state index is 13.4. The molecule has 0 aliphatic carbocycles. The van der Waals surface area contributed by atoms with Crippen LogP contribution < -0.4 is 10.1 Å². The highest BCUT2D eigenvalue weighted by Crippen LogP contribution is 2.33. The van der Waals surface area contributed by atoms with Gasteiger partial charge in [-0.05, 0) is 54.3 Å². The van der Waals surface area contributed by atoms with Crippen molar-refractivity contribution in [3.63, 3.8) is 0 Å². The summed E-state index contributed by atoms with van der Waals surface area (Å²) in [7, 11) is 1.58.